The maximum atomic E-state index is 13.4. The first-order valence-corrected chi connectivity index (χ1v) is 9.91. The zero-order chi connectivity index (χ0) is 19.9. The highest BCUT2D eigenvalue weighted by Crippen LogP contribution is 2.25. The van der Waals surface area contributed by atoms with Crippen LogP contribution in [0.3, 0.4) is 0 Å². The molecule has 28 heavy (non-hydrogen) atoms. The number of amides is 1. The van der Waals surface area contributed by atoms with E-state index in [0.717, 1.165) is 44.2 Å². The van der Waals surface area contributed by atoms with Gasteiger partial charge >= 0.3 is 0 Å². The third-order valence-electron chi connectivity index (χ3n) is 5.32. The summed E-state index contributed by atoms with van der Waals surface area (Å²) in [4.78, 5) is 14.2. The van der Waals surface area contributed by atoms with Crippen LogP contribution in [0.5, 0.6) is 0 Å². The molecule has 150 valence electrons. The molecule has 0 saturated carbocycles. The number of benzene rings is 2. The molecule has 3 rings (SSSR count). The summed E-state index contributed by atoms with van der Waals surface area (Å²) in [5.74, 6) is -0.226. The smallest absolute Gasteiger partial charge is 0.255 e. The molecule has 2 aromatic carbocycles. The lowest BCUT2D eigenvalue weighted by Gasteiger charge is -2.18. The lowest BCUT2D eigenvalue weighted by atomic mass is 9.99. The summed E-state index contributed by atoms with van der Waals surface area (Å²) in [5.41, 5.74) is 14.5. The first kappa shape index (κ1) is 20.3. The number of para-hydroxylation sites is 1. The number of nitrogen functional groups attached to an aromatic ring is 1. The summed E-state index contributed by atoms with van der Waals surface area (Å²) in [7, 11) is 1.82. The summed E-state index contributed by atoms with van der Waals surface area (Å²) < 4.78 is 13.4. The number of carbonyl (C=O) groups is 1. The number of halogens is 1. The van der Waals surface area contributed by atoms with Crippen molar-refractivity contribution in [2.75, 3.05) is 19.3 Å². The maximum Gasteiger partial charge on any atom is 0.255 e. The summed E-state index contributed by atoms with van der Waals surface area (Å²) in [6, 6.07) is 14.5. The maximum absolute atomic E-state index is 13.4. The zero-order valence-corrected chi connectivity index (χ0v) is 16.3. The summed E-state index contributed by atoms with van der Waals surface area (Å²) >= 11 is 0. The van der Waals surface area contributed by atoms with Crippen molar-refractivity contribution in [2.24, 2.45) is 0 Å². The van der Waals surface area contributed by atoms with Gasteiger partial charge in [0.25, 0.3) is 5.91 Å². The number of carbonyl (C=O) groups excluding carboxylic acids is 1. The molecule has 4 N–H and O–H groups in total. The van der Waals surface area contributed by atoms with E-state index in [2.05, 4.69) is 10.9 Å². The van der Waals surface area contributed by atoms with E-state index in [9.17, 15) is 9.18 Å². The van der Waals surface area contributed by atoms with Crippen LogP contribution in [-0.2, 0) is 0 Å². The molecule has 6 heteroatoms. The Labute approximate surface area is 166 Å². The molecule has 2 unspecified atom stereocenters. The number of rotatable bonds is 8. The van der Waals surface area contributed by atoms with E-state index >= 15 is 0 Å². The second-order valence-electron chi connectivity index (χ2n) is 7.49. The highest BCUT2D eigenvalue weighted by molar-refractivity contribution is 5.98. The number of hydrogen-bond acceptors (Lipinski definition) is 4. The predicted molar refractivity (Wildman–Crippen MR) is 110 cm³/mol. The number of nitrogens with one attached hydrogen (secondary N) is 2. The van der Waals surface area contributed by atoms with E-state index in [1.54, 1.807) is 29.2 Å². The second kappa shape index (κ2) is 9.66. The normalized spacial score (nSPS) is 18.9. The van der Waals surface area contributed by atoms with E-state index in [-0.39, 0.29) is 17.8 Å². The predicted octanol–water partition coefficient (Wildman–Crippen LogP) is 3.65. The van der Waals surface area contributed by atoms with Gasteiger partial charge in [0.15, 0.2) is 0 Å². The highest BCUT2D eigenvalue weighted by atomic mass is 19.1. The Morgan fingerprint density at radius 1 is 1.14 bits per heavy atom. The van der Waals surface area contributed by atoms with Gasteiger partial charge < -0.3 is 10.6 Å². The van der Waals surface area contributed by atoms with Crippen LogP contribution in [0.15, 0.2) is 48.5 Å². The Morgan fingerprint density at radius 3 is 2.75 bits per heavy atom. The van der Waals surface area contributed by atoms with Crippen LogP contribution in [0.1, 0.15) is 54.1 Å². The fourth-order valence-corrected chi connectivity index (χ4v) is 3.67. The first-order chi connectivity index (χ1) is 13.5. The van der Waals surface area contributed by atoms with E-state index in [4.69, 9.17) is 5.73 Å². The van der Waals surface area contributed by atoms with E-state index in [1.807, 2.05) is 25.2 Å². The number of unbranched alkanes of at least 4 members (excludes halogenated alkanes) is 2. The minimum atomic E-state index is -0.196. The monoisotopic (exact) mass is 384 g/mol. The Bertz CT molecular complexity index is 798. The van der Waals surface area contributed by atoms with Crippen LogP contribution in [0.25, 0.3) is 0 Å². The summed E-state index contributed by atoms with van der Waals surface area (Å²) in [6.07, 6.45) is 5.12. The van der Waals surface area contributed by atoms with Crippen molar-refractivity contribution < 1.29 is 9.18 Å². The van der Waals surface area contributed by atoms with Gasteiger partial charge in [0.05, 0.1) is 5.56 Å². The average Bonchev–Trinajstić information content (AvgIpc) is 3.16. The molecule has 2 atom stereocenters. The van der Waals surface area contributed by atoms with Crippen LogP contribution in [-0.4, -0.2) is 30.4 Å². The molecular formula is C22H29FN4O. The molecule has 0 aliphatic carbocycles. The quantitative estimate of drug-likeness (QED) is 0.480. The molecule has 5 nitrogen and oxygen atoms in total. The minimum absolute atomic E-state index is 0.0299. The van der Waals surface area contributed by atoms with Gasteiger partial charge in [-0.2, -0.15) is 0 Å². The standard InChI is InChI=1S/C22H29FN4O/c1-27(22(28)19-11-4-5-12-20(19)24)13-6-2-3-10-18-15-21(26-25-18)16-8-7-9-17(23)14-16/h4-5,7-9,11-12,14,18,21,25-26H,2-3,6,10,13,15,24H2,1H3. The van der Waals surface area contributed by atoms with Crippen LogP contribution in [0.4, 0.5) is 10.1 Å². The van der Waals surface area contributed by atoms with Crippen molar-refractivity contribution in [1.29, 1.82) is 0 Å². The van der Waals surface area contributed by atoms with Crippen molar-refractivity contribution in [1.82, 2.24) is 15.8 Å². The Morgan fingerprint density at radius 2 is 1.96 bits per heavy atom. The molecule has 0 aromatic heterocycles. The van der Waals surface area contributed by atoms with Gasteiger partial charge in [-0.3, -0.25) is 15.6 Å². The summed E-state index contributed by atoms with van der Waals surface area (Å²) in [6.45, 7) is 0.718. The van der Waals surface area contributed by atoms with Crippen molar-refractivity contribution in [2.45, 2.75) is 44.2 Å². The Kier molecular flexibility index (Phi) is 7.01. The minimum Gasteiger partial charge on any atom is -0.398 e. The molecular weight excluding hydrogens is 355 g/mol. The van der Waals surface area contributed by atoms with Crippen molar-refractivity contribution in [3.8, 4) is 0 Å². The van der Waals surface area contributed by atoms with Gasteiger partial charge in [-0.15, -0.1) is 0 Å². The van der Waals surface area contributed by atoms with E-state index in [1.165, 1.54) is 6.07 Å². The SMILES string of the molecule is CN(CCCCCC1CC(c2cccc(F)c2)NN1)C(=O)c1ccccc1N. The van der Waals surface area contributed by atoms with E-state index < -0.39 is 0 Å². The van der Waals surface area contributed by atoms with Gasteiger partial charge in [0.2, 0.25) is 0 Å². The van der Waals surface area contributed by atoms with Crippen LogP contribution in [0.2, 0.25) is 0 Å². The van der Waals surface area contributed by atoms with Crippen molar-refractivity contribution in [3.05, 3.63) is 65.5 Å². The van der Waals surface area contributed by atoms with Crippen molar-refractivity contribution >= 4 is 11.6 Å². The molecule has 0 bridgehead atoms. The van der Waals surface area contributed by atoms with Gasteiger partial charge in [0.1, 0.15) is 5.82 Å². The number of hydrazine groups is 1. The van der Waals surface area contributed by atoms with Gasteiger partial charge in [-0.25, -0.2) is 4.39 Å². The molecule has 1 heterocycles. The largest absolute Gasteiger partial charge is 0.398 e. The molecule has 0 spiro atoms. The summed E-state index contributed by atoms with van der Waals surface area (Å²) in [5, 5.41) is 0. The third-order valence-corrected chi connectivity index (χ3v) is 5.32. The van der Waals surface area contributed by atoms with Crippen LogP contribution in [0, 0.1) is 5.82 Å². The molecule has 1 saturated heterocycles. The number of anilines is 1. The van der Waals surface area contributed by atoms with Crippen LogP contribution < -0.4 is 16.6 Å². The lowest BCUT2D eigenvalue weighted by Crippen LogP contribution is -2.31. The fourth-order valence-electron chi connectivity index (χ4n) is 3.67. The van der Waals surface area contributed by atoms with Gasteiger partial charge in [0, 0.05) is 31.4 Å². The molecule has 1 amide bonds. The first-order valence-electron chi connectivity index (χ1n) is 9.91. The van der Waals surface area contributed by atoms with Gasteiger partial charge in [-0.1, -0.05) is 37.1 Å². The zero-order valence-electron chi connectivity index (χ0n) is 16.3. The Hall–Kier alpha value is -2.44. The Balaban J connectivity index is 1.34. The number of nitrogens with zero attached hydrogens (tertiary/aromatic N) is 1. The molecule has 0 radical (unpaired) electrons. The van der Waals surface area contributed by atoms with Crippen molar-refractivity contribution in [3.63, 3.8) is 0 Å². The number of hydrogen-bond donors (Lipinski definition) is 3. The van der Waals surface area contributed by atoms with E-state index in [0.29, 0.717) is 17.3 Å². The third kappa shape index (κ3) is 5.30. The lowest BCUT2D eigenvalue weighted by molar-refractivity contribution is 0.0793. The van der Waals surface area contributed by atoms with Gasteiger partial charge in [-0.05, 0) is 49.1 Å². The highest BCUT2D eigenvalue weighted by Gasteiger charge is 2.24. The molecule has 1 aliphatic heterocycles. The second-order valence-corrected chi connectivity index (χ2v) is 7.49. The topological polar surface area (TPSA) is 70.4 Å². The fraction of sp³-hybridized carbons (Fsp3) is 0.409. The molecule has 2 aromatic rings. The molecule has 1 fully saturated rings. The average molecular weight is 384 g/mol. The van der Waals surface area contributed by atoms with Crippen LogP contribution >= 0.6 is 0 Å². The molecule has 1 aliphatic rings. The number of nitrogens with two attached hydrogens (primary N) is 1.